The summed E-state index contributed by atoms with van der Waals surface area (Å²) in [6.07, 6.45) is 6.25. The molecule has 0 heterocycles. The van der Waals surface area contributed by atoms with E-state index in [0.29, 0.717) is 6.04 Å². The molecule has 0 aromatic heterocycles. The van der Waals surface area contributed by atoms with Crippen LogP contribution < -0.4 is 10.6 Å². The summed E-state index contributed by atoms with van der Waals surface area (Å²) in [5.41, 5.74) is -0.418. The van der Waals surface area contributed by atoms with Gasteiger partial charge < -0.3 is 15.4 Å². The number of carbonyl (C=O) groups excluding carboxylic acids is 1. The molecule has 5 heteroatoms. The van der Waals surface area contributed by atoms with Gasteiger partial charge in [0.2, 0.25) is 0 Å². The van der Waals surface area contributed by atoms with Crippen LogP contribution >= 0.6 is 11.8 Å². The van der Waals surface area contributed by atoms with Crippen molar-refractivity contribution in [1.29, 1.82) is 0 Å². The number of amides is 1. The van der Waals surface area contributed by atoms with Crippen LogP contribution in [-0.4, -0.2) is 42.3 Å². The van der Waals surface area contributed by atoms with Crippen molar-refractivity contribution in [3.8, 4) is 0 Å². The third-order valence-corrected chi connectivity index (χ3v) is 3.81. The lowest BCUT2D eigenvalue weighted by molar-refractivity contribution is 0.0505. The third-order valence-electron chi connectivity index (χ3n) is 3.11. The molecule has 1 aliphatic rings. The minimum Gasteiger partial charge on any atom is -0.444 e. The van der Waals surface area contributed by atoms with Crippen LogP contribution in [0.5, 0.6) is 0 Å². The fourth-order valence-electron chi connectivity index (χ4n) is 2.29. The molecule has 1 amide bonds. The van der Waals surface area contributed by atoms with Crippen molar-refractivity contribution in [2.24, 2.45) is 0 Å². The minimum absolute atomic E-state index is 0.257. The van der Waals surface area contributed by atoms with E-state index in [4.69, 9.17) is 4.74 Å². The molecule has 2 unspecified atom stereocenters. The van der Waals surface area contributed by atoms with Crippen LogP contribution in [0.2, 0.25) is 0 Å². The first-order valence-electron chi connectivity index (χ1n) is 7.12. The molecule has 0 aromatic rings. The van der Waals surface area contributed by atoms with Crippen LogP contribution in [0.3, 0.4) is 0 Å². The summed E-state index contributed by atoms with van der Waals surface area (Å²) >= 11 is 1.88. The quantitative estimate of drug-likeness (QED) is 0.738. The highest BCUT2D eigenvalue weighted by Gasteiger charge is 2.27. The lowest BCUT2D eigenvalue weighted by Crippen LogP contribution is -2.39. The van der Waals surface area contributed by atoms with Gasteiger partial charge in [-0.3, -0.25) is 0 Å². The summed E-state index contributed by atoms with van der Waals surface area (Å²) in [5.74, 6) is 1.21. The normalized spacial score (nSPS) is 23.4. The van der Waals surface area contributed by atoms with E-state index in [-0.39, 0.29) is 12.1 Å². The molecule has 1 rings (SSSR count). The van der Waals surface area contributed by atoms with Crippen LogP contribution in [0, 0.1) is 0 Å². The first kappa shape index (κ1) is 16.6. The van der Waals surface area contributed by atoms with Gasteiger partial charge in [0.1, 0.15) is 5.60 Å². The molecular weight excluding hydrogens is 260 g/mol. The molecule has 2 N–H and O–H groups in total. The zero-order chi connectivity index (χ0) is 14.3. The number of thioether (sulfide) groups is 1. The standard InChI is InChI=1S/C14H28N2O2S/c1-14(2,3)18-13(17)16-12-7-6-11(10-12)15-8-5-9-19-4/h11-12,15H,5-10H2,1-4H3,(H,16,17). The molecule has 0 spiro atoms. The second-order valence-corrected chi connectivity index (χ2v) is 7.14. The van der Waals surface area contributed by atoms with Crippen molar-refractivity contribution >= 4 is 17.9 Å². The van der Waals surface area contributed by atoms with Gasteiger partial charge in [-0.2, -0.15) is 11.8 Å². The van der Waals surface area contributed by atoms with Gasteiger partial charge >= 0.3 is 6.09 Å². The van der Waals surface area contributed by atoms with Crippen molar-refractivity contribution in [3.63, 3.8) is 0 Å². The van der Waals surface area contributed by atoms with E-state index >= 15 is 0 Å². The Labute approximate surface area is 121 Å². The lowest BCUT2D eigenvalue weighted by Gasteiger charge is -2.21. The molecule has 1 aliphatic carbocycles. The van der Waals surface area contributed by atoms with Crippen LogP contribution in [0.1, 0.15) is 46.5 Å². The lowest BCUT2D eigenvalue weighted by atomic mass is 10.2. The van der Waals surface area contributed by atoms with Crippen molar-refractivity contribution < 1.29 is 9.53 Å². The first-order chi connectivity index (χ1) is 8.90. The monoisotopic (exact) mass is 288 g/mol. The van der Waals surface area contributed by atoms with Crippen LogP contribution in [0.4, 0.5) is 4.79 Å². The van der Waals surface area contributed by atoms with Gasteiger partial charge in [-0.1, -0.05) is 0 Å². The van der Waals surface area contributed by atoms with E-state index in [1.807, 2.05) is 32.5 Å². The number of carbonyl (C=O) groups is 1. The molecule has 1 fully saturated rings. The fraction of sp³-hybridized carbons (Fsp3) is 0.929. The molecule has 0 aliphatic heterocycles. The Bertz CT molecular complexity index is 279. The Kier molecular flexibility index (Phi) is 7.00. The van der Waals surface area contributed by atoms with E-state index in [9.17, 15) is 4.79 Å². The molecule has 0 radical (unpaired) electrons. The van der Waals surface area contributed by atoms with Gasteiger partial charge in [-0.25, -0.2) is 4.79 Å². The van der Waals surface area contributed by atoms with Gasteiger partial charge in [-0.05, 0) is 65.0 Å². The maximum Gasteiger partial charge on any atom is 0.407 e. The van der Waals surface area contributed by atoms with Crippen molar-refractivity contribution in [2.75, 3.05) is 18.6 Å². The molecule has 0 aromatic carbocycles. The molecule has 0 saturated heterocycles. The van der Waals surface area contributed by atoms with E-state index < -0.39 is 5.60 Å². The summed E-state index contributed by atoms with van der Waals surface area (Å²) in [4.78, 5) is 11.7. The highest BCUT2D eigenvalue weighted by molar-refractivity contribution is 7.98. The molecule has 112 valence electrons. The second-order valence-electron chi connectivity index (χ2n) is 6.15. The Balaban J connectivity index is 2.16. The highest BCUT2D eigenvalue weighted by atomic mass is 32.2. The first-order valence-corrected chi connectivity index (χ1v) is 8.52. The molecule has 4 nitrogen and oxygen atoms in total. The second kappa shape index (κ2) is 8.00. The molecule has 1 saturated carbocycles. The van der Waals surface area contributed by atoms with Crippen LogP contribution in [0.15, 0.2) is 0 Å². The number of hydrogen-bond donors (Lipinski definition) is 2. The van der Waals surface area contributed by atoms with E-state index in [1.165, 1.54) is 12.2 Å². The number of nitrogens with one attached hydrogen (secondary N) is 2. The fourth-order valence-corrected chi connectivity index (χ4v) is 2.73. The summed E-state index contributed by atoms with van der Waals surface area (Å²) in [7, 11) is 0. The van der Waals surface area contributed by atoms with Crippen molar-refractivity contribution in [3.05, 3.63) is 0 Å². The van der Waals surface area contributed by atoms with E-state index in [1.54, 1.807) is 0 Å². The number of hydrogen-bond acceptors (Lipinski definition) is 4. The largest absolute Gasteiger partial charge is 0.444 e. The van der Waals surface area contributed by atoms with Gasteiger partial charge in [-0.15, -0.1) is 0 Å². The third kappa shape index (κ3) is 7.67. The SMILES string of the molecule is CSCCCNC1CCC(NC(=O)OC(C)(C)C)C1. The van der Waals surface area contributed by atoms with Crippen LogP contribution in [-0.2, 0) is 4.74 Å². The number of alkyl carbamates (subject to hydrolysis) is 1. The predicted molar refractivity (Wildman–Crippen MR) is 81.8 cm³/mol. The summed E-state index contributed by atoms with van der Waals surface area (Å²) in [6.45, 7) is 6.73. The van der Waals surface area contributed by atoms with E-state index in [2.05, 4.69) is 16.9 Å². The van der Waals surface area contributed by atoms with Gasteiger partial charge in [0.25, 0.3) is 0 Å². The average Bonchev–Trinajstić information content (AvgIpc) is 2.69. The van der Waals surface area contributed by atoms with Crippen molar-refractivity contribution in [1.82, 2.24) is 10.6 Å². The zero-order valence-corrected chi connectivity index (χ0v) is 13.4. The topological polar surface area (TPSA) is 50.4 Å². The summed E-state index contributed by atoms with van der Waals surface area (Å²) in [5, 5.41) is 6.52. The summed E-state index contributed by atoms with van der Waals surface area (Å²) in [6, 6.07) is 0.801. The van der Waals surface area contributed by atoms with Crippen molar-refractivity contribution in [2.45, 2.75) is 64.1 Å². The van der Waals surface area contributed by atoms with E-state index in [0.717, 1.165) is 25.8 Å². The maximum absolute atomic E-state index is 11.7. The Morgan fingerprint density at radius 3 is 2.63 bits per heavy atom. The predicted octanol–water partition coefficient (Wildman–Crippen LogP) is 2.77. The minimum atomic E-state index is -0.418. The average molecular weight is 288 g/mol. The smallest absolute Gasteiger partial charge is 0.407 e. The molecule has 0 bridgehead atoms. The van der Waals surface area contributed by atoms with Gasteiger partial charge in [0, 0.05) is 12.1 Å². The maximum atomic E-state index is 11.7. The highest BCUT2D eigenvalue weighted by Crippen LogP contribution is 2.19. The molecular formula is C14H28N2O2S. The Morgan fingerprint density at radius 2 is 2.00 bits per heavy atom. The number of rotatable bonds is 6. The Hall–Kier alpha value is -0.420. The van der Waals surface area contributed by atoms with Crippen LogP contribution in [0.25, 0.3) is 0 Å². The zero-order valence-electron chi connectivity index (χ0n) is 12.6. The van der Waals surface area contributed by atoms with Gasteiger partial charge in [0.15, 0.2) is 0 Å². The number of ether oxygens (including phenoxy) is 1. The molecule has 19 heavy (non-hydrogen) atoms. The molecule has 2 atom stereocenters. The Morgan fingerprint density at radius 1 is 1.32 bits per heavy atom. The van der Waals surface area contributed by atoms with Gasteiger partial charge in [0.05, 0.1) is 0 Å². The summed E-state index contributed by atoms with van der Waals surface area (Å²) < 4.78 is 5.27.